The van der Waals surface area contributed by atoms with Gasteiger partial charge in [-0.05, 0) is 30.7 Å². The molecule has 1 aromatic heterocycles. The molecule has 0 atom stereocenters. The molecular weight excluding hydrogens is 298 g/mol. The molecule has 0 saturated carbocycles. The summed E-state index contributed by atoms with van der Waals surface area (Å²) in [6.07, 6.45) is 1.25. The molecule has 0 radical (unpaired) electrons. The third-order valence-corrected chi connectivity index (χ3v) is 2.97. The van der Waals surface area contributed by atoms with Crippen LogP contribution in [0.4, 0.5) is 0 Å². The van der Waals surface area contributed by atoms with Crippen LogP contribution < -0.4 is 11.2 Å². The van der Waals surface area contributed by atoms with Crippen LogP contribution in [0.25, 0.3) is 5.69 Å². The molecule has 0 spiro atoms. The molecule has 18 heavy (non-hydrogen) atoms. The number of aromatic nitrogens is 2. The van der Waals surface area contributed by atoms with Gasteiger partial charge in [-0.1, -0.05) is 15.9 Å². The molecule has 0 aliphatic heterocycles. The van der Waals surface area contributed by atoms with E-state index in [4.69, 9.17) is 5.26 Å². The Kier molecular flexibility index (Phi) is 3.17. The first-order valence-corrected chi connectivity index (χ1v) is 5.85. The quantitative estimate of drug-likeness (QED) is 0.866. The summed E-state index contributed by atoms with van der Waals surface area (Å²) in [5.74, 6) is 0. The number of nitriles is 1. The van der Waals surface area contributed by atoms with Crippen molar-refractivity contribution in [3.05, 3.63) is 60.8 Å². The highest BCUT2D eigenvalue weighted by atomic mass is 79.9. The third-order valence-electron chi connectivity index (χ3n) is 2.48. The molecule has 0 bridgehead atoms. The van der Waals surface area contributed by atoms with Crippen LogP contribution in [0.1, 0.15) is 11.1 Å². The van der Waals surface area contributed by atoms with E-state index in [2.05, 4.69) is 20.9 Å². The Morgan fingerprint density at radius 3 is 2.72 bits per heavy atom. The predicted octanol–water partition coefficient (Wildman–Crippen LogP) is 1.47. The fourth-order valence-corrected chi connectivity index (χ4v) is 2.09. The first-order chi connectivity index (χ1) is 8.52. The molecule has 2 rings (SSSR count). The molecule has 2 aromatic rings. The standard InChI is InChI=1S/C12H8BrN3O2/c1-7-4-9(13)2-3-10(7)16-6-8(5-14)11(17)15-12(16)18/h2-4,6H,1H3,(H,15,17,18). The smallest absolute Gasteiger partial charge is 0.273 e. The monoisotopic (exact) mass is 305 g/mol. The number of rotatable bonds is 1. The van der Waals surface area contributed by atoms with Gasteiger partial charge < -0.3 is 0 Å². The number of aryl methyl sites for hydroxylation is 1. The Bertz CT molecular complexity index is 768. The van der Waals surface area contributed by atoms with Crippen molar-refractivity contribution in [3.63, 3.8) is 0 Å². The van der Waals surface area contributed by atoms with Crippen LogP contribution in [-0.4, -0.2) is 9.55 Å². The minimum Gasteiger partial charge on any atom is -0.273 e. The second kappa shape index (κ2) is 4.63. The number of nitrogens with one attached hydrogen (secondary N) is 1. The summed E-state index contributed by atoms with van der Waals surface area (Å²) in [6, 6.07) is 7.12. The van der Waals surface area contributed by atoms with E-state index in [1.165, 1.54) is 10.8 Å². The largest absolute Gasteiger partial charge is 0.332 e. The second-order valence-corrected chi connectivity index (χ2v) is 4.63. The maximum Gasteiger partial charge on any atom is 0.332 e. The number of hydrogen-bond acceptors (Lipinski definition) is 3. The average Bonchev–Trinajstić information content (AvgIpc) is 2.30. The Hall–Kier alpha value is -2.13. The number of benzene rings is 1. The highest BCUT2D eigenvalue weighted by Gasteiger charge is 2.08. The van der Waals surface area contributed by atoms with Crippen LogP contribution in [0.5, 0.6) is 0 Å². The van der Waals surface area contributed by atoms with Crippen molar-refractivity contribution in [2.24, 2.45) is 0 Å². The van der Waals surface area contributed by atoms with E-state index in [0.717, 1.165) is 10.0 Å². The van der Waals surface area contributed by atoms with Crippen molar-refractivity contribution >= 4 is 15.9 Å². The van der Waals surface area contributed by atoms with Gasteiger partial charge in [0.05, 0.1) is 5.69 Å². The van der Waals surface area contributed by atoms with Crippen LogP contribution >= 0.6 is 15.9 Å². The average molecular weight is 306 g/mol. The molecule has 0 unspecified atom stereocenters. The van der Waals surface area contributed by atoms with Gasteiger partial charge in [0.25, 0.3) is 5.56 Å². The normalized spacial score (nSPS) is 10.1. The van der Waals surface area contributed by atoms with Crippen LogP contribution in [0.3, 0.4) is 0 Å². The van der Waals surface area contributed by atoms with Crippen molar-refractivity contribution in [2.75, 3.05) is 0 Å². The molecule has 5 nitrogen and oxygen atoms in total. The predicted molar refractivity (Wildman–Crippen MR) is 69.8 cm³/mol. The molecule has 6 heteroatoms. The van der Waals surface area contributed by atoms with Crippen LogP contribution in [0.2, 0.25) is 0 Å². The Labute approximate surface area is 110 Å². The molecular formula is C12H8BrN3O2. The molecule has 0 fully saturated rings. The van der Waals surface area contributed by atoms with Gasteiger partial charge in [-0.2, -0.15) is 5.26 Å². The molecule has 0 amide bonds. The van der Waals surface area contributed by atoms with E-state index in [1.807, 2.05) is 13.0 Å². The summed E-state index contributed by atoms with van der Waals surface area (Å²) < 4.78 is 2.14. The summed E-state index contributed by atoms with van der Waals surface area (Å²) >= 11 is 3.33. The van der Waals surface area contributed by atoms with Gasteiger partial charge in [0.1, 0.15) is 11.6 Å². The maximum absolute atomic E-state index is 11.7. The number of H-pyrrole nitrogens is 1. The van der Waals surface area contributed by atoms with E-state index in [-0.39, 0.29) is 5.56 Å². The van der Waals surface area contributed by atoms with E-state index >= 15 is 0 Å². The molecule has 0 aliphatic carbocycles. The Morgan fingerprint density at radius 2 is 2.11 bits per heavy atom. The fraction of sp³-hybridized carbons (Fsp3) is 0.0833. The highest BCUT2D eigenvalue weighted by molar-refractivity contribution is 9.10. The van der Waals surface area contributed by atoms with Crippen molar-refractivity contribution in [1.29, 1.82) is 5.26 Å². The van der Waals surface area contributed by atoms with E-state index < -0.39 is 11.2 Å². The topological polar surface area (TPSA) is 78.7 Å². The zero-order valence-corrected chi connectivity index (χ0v) is 11.0. The van der Waals surface area contributed by atoms with Gasteiger partial charge in [0, 0.05) is 10.7 Å². The molecule has 1 N–H and O–H groups in total. The minimum atomic E-state index is -0.673. The molecule has 1 aromatic carbocycles. The van der Waals surface area contributed by atoms with Gasteiger partial charge in [-0.15, -0.1) is 0 Å². The second-order valence-electron chi connectivity index (χ2n) is 3.71. The molecule has 1 heterocycles. The minimum absolute atomic E-state index is 0.100. The van der Waals surface area contributed by atoms with E-state index in [9.17, 15) is 9.59 Å². The summed E-state index contributed by atoms with van der Waals surface area (Å²) in [7, 11) is 0. The lowest BCUT2D eigenvalue weighted by Crippen LogP contribution is -2.30. The fourth-order valence-electron chi connectivity index (χ4n) is 1.62. The van der Waals surface area contributed by atoms with E-state index in [1.54, 1.807) is 18.2 Å². The maximum atomic E-state index is 11.7. The Morgan fingerprint density at radius 1 is 1.39 bits per heavy atom. The lowest BCUT2D eigenvalue weighted by molar-refractivity contribution is 0.883. The lowest BCUT2D eigenvalue weighted by Gasteiger charge is -2.08. The van der Waals surface area contributed by atoms with Crippen LogP contribution in [0.15, 0.2) is 38.5 Å². The van der Waals surface area contributed by atoms with Gasteiger partial charge >= 0.3 is 5.69 Å². The summed E-state index contributed by atoms with van der Waals surface area (Å²) in [5.41, 5.74) is 0.133. The first-order valence-electron chi connectivity index (χ1n) is 5.05. The number of hydrogen-bond donors (Lipinski definition) is 1. The van der Waals surface area contributed by atoms with Gasteiger partial charge in [0.15, 0.2) is 0 Å². The summed E-state index contributed by atoms with van der Waals surface area (Å²) in [4.78, 5) is 25.1. The van der Waals surface area contributed by atoms with E-state index in [0.29, 0.717) is 5.69 Å². The van der Waals surface area contributed by atoms with Crippen molar-refractivity contribution in [3.8, 4) is 11.8 Å². The number of nitrogens with zero attached hydrogens (tertiary/aromatic N) is 2. The van der Waals surface area contributed by atoms with Crippen LogP contribution in [-0.2, 0) is 0 Å². The summed E-state index contributed by atoms with van der Waals surface area (Å²) in [5, 5.41) is 8.80. The molecule has 0 aliphatic rings. The van der Waals surface area contributed by atoms with Gasteiger partial charge in [-0.25, -0.2) is 4.79 Å². The van der Waals surface area contributed by atoms with Crippen molar-refractivity contribution in [1.82, 2.24) is 9.55 Å². The number of halogens is 1. The van der Waals surface area contributed by atoms with Gasteiger partial charge in [-0.3, -0.25) is 14.3 Å². The van der Waals surface area contributed by atoms with Crippen molar-refractivity contribution < 1.29 is 0 Å². The lowest BCUT2D eigenvalue weighted by atomic mass is 10.2. The zero-order valence-electron chi connectivity index (χ0n) is 9.40. The third kappa shape index (κ3) is 2.13. The summed E-state index contributed by atoms with van der Waals surface area (Å²) in [6.45, 7) is 1.84. The van der Waals surface area contributed by atoms with Gasteiger partial charge in [0.2, 0.25) is 0 Å². The molecule has 90 valence electrons. The number of aromatic amines is 1. The highest BCUT2D eigenvalue weighted by Crippen LogP contribution is 2.17. The SMILES string of the molecule is Cc1cc(Br)ccc1-n1cc(C#N)c(=O)[nH]c1=O. The van der Waals surface area contributed by atoms with Crippen molar-refractivity contribution in [2.45, 2.75) is 6.92 Å². The molecule has 0 saturated heterocycles. The Balaban J connectivity index is 2.76. The zero-order chi connectivity index (χ0) is 13.3. The van der Waals surface area contributed by atoms with Crippen LogP contribution in [0, 0.1) is 18.3 Å². The first kappa shape index (κ1) is 12.3.